The average molecular weight is 312 g/mol. The summed E-state index contributed by atoms with van der Waals surface area (Å²) in [5.74, 6) is -1.64. The summed E-state index contributed by atoms with van der Waals surface area (Å²) in [7, 11) is 0. The molecule has 2 aromatic rings. The molecule has 0 unspecified atom stereocenters. The number of nitrogens with zero attached hydrogens (tertiary/aromatic N) is 2. The van der Waals surface area contributed by atoms with Crippen molar-refractivity contribution in [2.45, 2.75) is 0 Å². The summed E-state index contributed by atoms with van der Waals surface area (Å²) in [5, 5.41) is 11.4. The molecule has 0 atom stereocenters. The maximum atomic E-state index is 12.1. The molecule has 2 amide bonds. The molecular formula is C16H12N2O5. The monoisotopic (exact) mass is 312 g/mol. The Morgan fingerprint density at radius 2 is 1.65 bits per heavy atom. The molecule has 3 rings (SSSR count). The zero-order valence-corrected chi connectivity index (χ0v) is 12.0. The van der Waals surface area contributed by atoms with Crippen molar-refractivity contribution in [1.29, 1.82) is 0 Å². The van der Waals surface area contributed by atoms with Crippen molar-refractivity contribution in [3.8, 4) is 0 Å². The van der Waals surface area contributed by atoms with Gasteiger partial charge < -0.3 is 9.94 Å². The van der Waals surface area contributed by atoms with Crippen molar-refractivity contribution in [2.75, 3.05) is 13.2 Å². The van der Waals surface area contributed by atoms with Crippen LogP contribution in [0, 0.1) is 5.21 Å². The fourth-order valence-corrected chi connectivity index (χ4v) is 2.33. The van der Waals surface area contributed by atoms with Gasteiger partial charge >= 0.3 is 11.7 Å². The highest BCUT2D eigenvalue weighted by molar-refractivity contribution is 6.21. The molecule has 0 saturated carbocycles. The van der Waals surface area contributed by atoms with Crippen molar-refractivity contribution in [1.82, 2.24) is 4.90 Å². The number of carbonyl (C=O) groups is 3. The van der Waals surface area contributed by atoms with Crippen LogP contribution in [0.2, 0.25) is 0 Å². The first-order chi connectivity index (χ1) is 11.1. The lowest BCUT2D eigenvalue weighted by Crippen LogP contribution is -2.36. The highest BCUT2D eigenvalue weighted by atomic mass is 16.5. The second kappa shape index (κ2) is 5.88. The Morgan fingerprint density at radius 3 is 2.26 bits per heavy atom. The summed E-state index contributed by atoms with van der Waals surface area (Å²) in [4.78, 5) is 37.0. The summed E-state index contributed by atoms with van der Waals surface area (Å²) < 4.78 is 5.35. The highest BCUT2D eigenvalue weighted by Crippen LogP contribution is 2.21. The smallest absolute Gasteiger partial charge is 0.405 e. The Labute approximate surface area is 131 Å². The third-order valence-electron chi connectivity index (χ3n) is 3.46. The van der Waals surface area contributed by atoms with Crippen molar-refractivity contribution in [3.63, 3.8) is 0 Å². The molecule has 0 saturated heterocycles. The van der Waals surface area contributed by atoms with Gasteiger partial charge in [-0.1, -0.05) is 12.1 Å². The van der Waals surface area contributed by atoms with Crippen molar-refractivity contribution in [3.05, 3.63) is 70.7 Å². The third kappa shape index (κ3) is 2.64. The molecule has 0 aliphatic carbocycles. The topological polar surface area (TPSA) is 90.6 Å². The predicted molar refractivity (Wildman–Crippen MR) is 77.5 cm³/mol. The van der Waals surface area contributed by atoms with Crippen molar-refractivity contribution >= 4 is 17.8 Å². The molecule has 1 aromatic heterocycles. The third-order valence-corrected chi connectivity index (χ3v) is 3.46. The van der Waals surface area contributed by atoms with E-state index in [9.17, 15) is 19.6 Å². The number of amides is 2. The van der Waals surface area contributed by atoms with Gasteiger partial charge in [0.2, 0.25) is 0 Å². The fourth-order valence-electron chi connectivity index (χ4n) is 2.33. The molecule has 1 aromatic carbocycles. The Bertz CT molecular complexity index is 768. The van der Waals surface area contributed by atoms with E-state index in [0.29, 0.717) is 15.9 Å². The van der Waals surface area contributed by atoms with Crippen LogP contribution in [0.3, 0.4) is 0 Å². The first-order valence-corrected chi connectivity index (χ1v) is 6.90. The number of hydrogen-bond acceptors (Lipinski definition) is 5. The lowest BCUT2D eigenvalue weighted by atomic mass is 10.1. The number of aromatic nitrogens is 1. The number of hydrogen-bond donors (Lipinski definition) is 0. The summed E-state index contributed by atoms with van der Waals surface area (Å²) >= 11 is 0. The molecule has 23 heavy (non-hydrogen) atoms. The Hall–Kier alpha value is -3.22. The van der Waals surface area contributed by atoms with E-state index in [-0.39, 0.29) is 18.8 Å². The number of imide groups is 1. The minimum atomic E-state index is -0.808. The number of benzene rings is 1. The minimum absolute atomic E-state index is 0.0657. The minimum Gasteiger partial charge on any atom is -0.618 e. The van der Waals surface area contributed by atoms with E-state index in [4.69, 9.17) is 4.74 Å². The Morgan fingerprint density at radius 1 is 1.04 bits per heavy atom. The predicted octanol–water partition coefficient (Wildman–Crippen LogP) is 0.773. The molecule has 7 nitrogen and oxygen atoms in total. The van der Waals surface area contributed by atoms with E-state index in [2.05, 4.69) is 0 Å². The number of pyridine rings is 1. The second-order valence-corrected chi connectivity index (χ2v) is 4.86. The maximum absolute atomic E-state index is 12.1. The molecule has 0 spiro atoms. The van der Waals surface area contributed by atoms with Gasteiger partial charge in [-0.2, -0.15) is 4.73 Å². The highest BCUT2D eigenvalue weighted by Gasteiger charge is 2.35. The Kier molecular flexibility index (Phi) is 3.76. The van der Waals surface area contributed by atoms with Crippen LogP contribution in [0.15, 0.2) is 48.7 Å². The van der Waals surface area contributed by atoms with Gasteiger partial charge in [-0.25, -0.2) is 4.79 Å². The van der Waals surface area contributed by atoms with Crippen LogP contribution in [-0.4, -0.2) is 35.8 Å². The van der Waals surface area contributed by atoms with Gasteiger partial charge in [0.25, 0.3) is 11.8 Å². The molecule has 2 heterocycles. The molecule has 0 N–H and O–H groups in total. The van der Waals surface area contributed by atoms with Crippen molar-refractivity contribution in [2.24, 2.45) is 0 Å². The summed E-state index contributed by atoms with van der Waals surface area (Å²) in [5.41, 5.74) is 0.517. The number of rotatable bonds is 4. The maximum Gasteiger partial charge on any atom is 0.405 e. The van der Waals surface area contributed by atoms with Crippen LogP contribution in [-0.2, 0) is 4.74 Å². The van der Waals surface area contributed by atoms with E-state index in [0.717, 1.165) is 4.90 Å². The first-order valence-electron chi connectivity index (χ1n) is 6.90. The van der Waals surface area contributed by atoms with Gasteiger partial charge in [0.15, 0.2) is 6.20 Å². The SMILES string of the molecule is O=C(OCCN1C(=O)c2ccccc2C1=O)c1cccc[n+]1[O-]. The van der Waals surface area contributed by atoms with E-state index >= 15 is 0 Å². The van der Waals surface area contributed by atoms with Crippen molar-refractivity contribution < 1.29 is 23.9 Å². The van der Waals surface area contributed by atoms with E-state index in [1.54, 1.807) is 24.3 Å². The van der Waals surface area contributed by atoms with E-state index in [1.807, 2.05) is 0 Å². The Balaban J connectivity index is 1.62. The molecule has 1 aliphatic rings. The number of ether oxygens (including phenoxy) is 1. The molecule has 0 radical (unpaired) electrons. The number of esters is 1. The molecule has 1 aliphatic heterocycles. The number of fused-ring (bicyclic) bond motifs is 1. The van der Waals surface area contributed by atoms with Gasteiger partial charge in [-0.3, -0.25) is 14.5 Å². The molecule has 7 heteroatoms. The normalized spacial score (nSPS) is 13.1. The van der Waals surface area contributed by atoms with Gasteiger partial charge in [-0.05, 0) is 18.2 Å². The molecular weight excluding hydrogens is 300 g/mol. The fraction of sp³-hybridized carbons (Fsp3) is 0.125. The quantitative estimate of drug-likeness (QED) is 0.360. The van der Waals surface area contributed by atoms with Crippen LogP contribution in [0.25, 0.3) is 0 Å². The second-order valence-electron chi connectivity index (χ2n) is 4.86. The number of carbonyl (C=O) groups excluding carboxylic acids is 3. The first kappa shape index (κ1) is 14.7. The summed E-state index contributed by atoms with van der Waals surface area (Å²) in [6.45, 7) is -0.247. The molecule has 0 bridgehead atoms. The lowest BCUT2D eigenvalue weighted by molar-refractivity contribution is -0.608. The van der Waals surface area contributed by atoms with Crippen LogP contribution in [0.5, 0.6) is 0 Å². The van der Waals surface area contributed by atoms with E-state index in [1.165, 1.54) is 24.4 Å². The van der Waals surface area contributed by atoms with Gasteiger partial charge in [0.1, 0.15) is 6.61 Å². The largest absolute Gasteiger partial charge is 0.618 e. The van der Waals surface area contributed by atoms with Crippen LogP contribution >= 0.6 is 0 Å². The van der Waals surface area contributed by atoms with Gasteiger partial charge in [-0.15, -0.1) is 0 Å². The average Bonchev–Trinajstić information content (AvgIpc) is 2.80. The van der Waals surface area contributed by atoms with Gasteiger partial charge in [0.05, 0.1) is 17.7 Å². The van der Waals surface area contributed by atoms with Gasteiger partial charge in [0, 0.05) is 12.1 Å². The van der Waals surface area contributed by atoms with Crippen LogP contribution in [0.4, 0.5) is 0 Å². The summed E-state index contributed by atoms with van der Waals surface area (Å²) in [6, 6.07) is 10.9. The summed E-state index contributed by atoms with van der Waals surface area (Å²) in [6.07, 6.45) is 1.18. The standard InChI is InChI=1S/C16H12N2O5/c19-14-11-5-1-2-6-12(11)15(20)17(14)9-10-23-16(21)13-7-3-4-8-18(13)22/h1-8H,9-10H2. The van der Waals surface area contributed by atoms with Crippen LogP contribution < -0.4 is 4.73 Å². The van der Waals surface area contributed by atoms with Crippen LogP contribution in [0.1, 0.15) is 31.2 Å². The lowest BCUT2D eigenvalue weighted by Gasteiger charge is -2.13. The molecule has 116 valence electrons. The zero-order valence-electron chi connectivity index (χ0n) is 12.0. The molecule has 0 fully saturated rings. The zero-order chi connectivity index (χ0) is 16.4. The van der Waals surface area contributed by atoms with E-state index < -0.39 is 17.8 Å².